The van der Waals surface area contributed by atoms with Crippen LogP contribution in [0.5, 0.6) is 17.2 Å². The first-order valence-corrected chi connectivity index (χ1v) is 10.5. The van der Waals surface area contributed by atoms with E-state index in [1.807, 2.05) is 19.2 Å². The lowest BCUT2D eigenvalue weighted by Crippen LogP contribution is -2.34. The van der Waals surface area contributed by atoms with Crippen molar-refractivity contribution < 1.29 is 42.1 Å². The van der Waals surface area contributed by atoms with Gasteiger partial charge in [0, 0.05) is 11.6 Å². The van der Waals surface area contributed by atoms with Crippen molar-refractivity contribution in [3.05, 3.63) is 59.7 Å². The van der Waals surface area contributed by atoms with E-state index in [2.05, 4.69) is 4.74 Å². The van der Waals surface area contributed by atoms with Crippen LogP contribution in [0.4, 0.5) is 8.78 Å². The zero-order valence-electron chi connectivity index (χ0n) is 18.7. The smallest absolute Gasteiger partial charge is 0.387 e. The molecular formula is C24H25F2NO7. The highest BCUT2D eigenvalue weighted by Gasteiger charge is 2.13. The quantitative estimate of drug-likeness (QED) is 0.364. The van der Waals surface area contributed by atoms with Crippen LogP contribution in [0.15, 0.2) is 48.5 Å². The number of rotatable bonds is 12. The van der Waals surface area contributed by atoms with Gasteiger partial charge < -0.3 is 18.9 Å². The molecule has 2 aromatic carbocycles. The Balaban J connectivity index is 1.85. The third kappa shape index (κ3) is 8.89. The number of carbonyl (C=O) groups excluding carboxylic acids is 3. The second-order valence-electron chi connectivity index (χ2n) is 6.71. The number of carbonyl (C=O) groups is 3. The average molecular weight is 477 g/mol. The number of alkyl halides is 2. The van der Waals surface area contributed by atoms with Gasteiger partial charge in [-0.25, -0.2) is 4.79 Å². The molecule has 0 fully saturated rings. The van der Waals surface area contributed by atoms with Crippen molar-refractivity contribution in [1.29, 1.82) is 0 Å². The highest BCUT2D eigenvalue weighted by atomic mass is 19.3. The first-order chi connectivity index (χ1) is 16.3. The van der Waals surface area contributed by atoms with Crippen LogP contribution < -0.4 is 19.5 Å². The molecule has 0 heterocycles. The summed E-state index contributed by atoms with van der Waals surface area (Å²) in [4.78, 5) is 35.8. The average Bonchev–Trinajstić information content (AvgIpc) is 2.81. The van der Waals surface area contributed by atoms with Crippen molar-refractivity contribution in [3.8, 4) is 17.2 Å². The third-order valence-electron chi connectivity index (χ3n) is 4.08. The molecule has 0 saturated carbocycles. The van der Waals surface area contributed by atoms with E-state index in [-0.39, 0.29) is 11.3 Å². The molecule has 0 atom stereocenters. The molecule has 182 valence electrons. The molecule has 10 heteroatoms. The van der Waals surface area contributed by atoms with Crippen molar-refractivity contribution >= 4 is 23.9 Å². The maximum Gasteiger partial charge on any atom is 0.387 e. The predicted octanol–water partition coefficient (Wildman–Crippen LogP) is 3.99. The number of benzene rings is 2. The Morgan fingerprint density at radius 3 is 2.38 bits per heavy atom. The normalized spacial score (nSPS) is 10.7. The van der Waals surface area contributed by atoms with E-state index in [0.29, 0.717) is 30.3 Å². The second kappa shape index (κ2) is 13.6. The molecular weight excluding hydrogens is 452 g/mol. The summed E-state index contributed by atoms with van der Waals surface area (Å²) in [7, 11) is 0. The Morgan fingerprint density at radius 1 is 1.00 bits per heavy atom. The molecule has 0 aromatic heterocycles. The van der Waals surface area contributed by atoms with Crippen LogP contribution in [0.1, 0.15) is 36.2 Å². The molecule has 0 unspecified atom stereocenters. The van der Waals surface area contributed by atoms with Gasteiger partial charge in [0.2, 0.25) is 0 Å². The number of hydrogen-bond acceptors (Lipinski definition) is 7. The van der Waals surface area contributed by atoms with Gasteiger partial charge in [0.05, 0.1) is 13.2 Å². The maximum absolute atomic E-state index is 12.2. The van der Waals surface area contributed by atoms with Crippen molar-refractivity contribution in [1.82, 2.24) is 5.32 Å². The fraction of sp³-hybridized carbons (Fsp3) is 0.292. The topological polar surface area (TPSA) is 100 Å². The zero-order valence-corrected chi connectivity index (χ0v) is 18.7. The van der Waals surface area contributed by atoms with Gasteiger partial charge in [-0.3, -0.25) is 14.9 Å². The Bertz CT molecular complexity index is 1010. The van der Waals surface area contributed by atoms with Crippen molar-refractivity contribution in [2.75, 3.05) is 19.8 Å². The van der Waals surface area contributed by atoms with Crippen molar-refractivity contribution in [3.63, 3.8) is 0 Å². The lowest BCUT2D eigenvalue weighted by molar-refractivity contribution is -0.143. The number of amides is 2. The molecule has 8 nitrogen and oxygen atoms in total. The van der Waals surface area contributed by atoms with Crippen molar-refractivity contribution in [2.45, 2.75) is 26.9 Å². The highest BCUT2D eigenvalue weighted by molar-refractivity contribution is 6.05. The number of hydrogen-bond donors (Lipinski definition) is 1. The van der Waals surface area contributed by atoms with E-state index in [1.165, 1.54) is 18.2 Å². The number of ether oxygens (including phenoxy) is 4. The minimum atomic E-state index is -2.99. The van der Waals surface area contributed by atoms with Gasteiger partial charge in [0.25, 0.3) is 11.8 Å². The Kier molecular flexibility index (Phi) is 10.5. The largest absolute Gasteiger partial charge is 0.490 e. The summed E-state index contributed by atoms with van der Waals surface area (Å²) < 4.78 is 44.5. The van der Waals surface area contributed by atoms with Crippen LogP contribution in [0.2, 0.25) is 0 Å². The summed E-state index contributed by atoms with van der Waals surface area (Å²) in [6.45, 7) is 1.15. The molecule has 0 aliphatic heterocycles. The van der Waals surface area contributed by atoms with Gasteiger partial charge in [0.15, 0.2) is 18.1 Å². The summed E-state index contributed by atoms with van der Waals surface area (Å²) in [6.07, 6.45) is 3.47. The van der Waals surface area contributed by atoms with Crippen LogP contribution in [-0.2, 0) is 14.3 Å². The zero-order chi connectivity index (χ0) is 24.9. The minimum Gasteiger partial charge on any atom is -0.490 e. The van der Waals surface area contributed by atoms with Gasteiger partial charge in [-0.15, -0.1) is 0 Å². The molecule has 0 bridgehead atoms. The molecule has 2 aromatic rings. The molecule has 1 N–H and O–H groups in total. The van der Waals surface area contributed by atoms with Gasteiger partial charge in [-0.1, -0.05) is 13.0 Å². The van der Waals surface area contributed by atoms with Crippen LogP contribution in [-0.4, -0.2) is 44.2 Å². The van der Waals surface area contributed by atoms with E-state index < -0.39 is 31.0 Å². The molecule has 0 radical (unpaired) electrons. The monoisotopic (exact) mass is 477 g/mol. The Hall–Kier alpha value is -3.95. The molecule has 0 saturated heterocycles. The molecule has 2 amide bonds. The van der Waals surface area contributed by atoms with E-state index in [4.69, 9.17) is 14.2 Å². The molecule has 0 spiro atoms. The van der Waals surface area contributed by atoms with Crippen LogP contribution >= 0.6 is 0 Å². The molecule has 34 heavy (non-hydrogen) atoms. The minimum absolute atomic E-state index is 0.0395. The first kappa shape index (κ1) is 26.3. The summed E-state index contributed by atoms with van der Waals surface area (Å²) in [5.41, 5.74) is 0.695. The standard InChI is InChI=1S/C24H25F2NO7/c1-3-13-32-19-11-5-16(14-20(19)31-4-2)6-12-22(29)33-15-21(28)27-23(30)17-7-9-18(10-8-17)34-24(25)26/h5-12,14,24H,3-4,13,15H2,1-2H3,(H,27,28,30)/b12-6+. The lowest BCUT2D eigenvalue weighted by Gasteiger charge is -2.12. The third-order valence-corrected chi connectivity index (χ3v) is 4.08. The SMILES string of the molecule is CCCOc1ccc(/C=C/C(=O)OCC(=O)NC(=O)c2ccc(OC(F)F)cc2)cc1OCC. The van der Waals surface area contributed by atoms with Crippen LogP contribution in [0.3, 0.4) is 0 Å². The van der Waals surface area contributed by atoms with Gasteiger partial charge in [-0.05, 0) is 61.4 Å². The predicted molar refractivity (Wildman–Crippen MR) is 119 cm³/mol. The molecule has 2 rings (SSSR count). The number of halogens is 2. The summed E-state index contributed by atoms with van der Waals surface area (Å²) in [5.74, 6) is -1.42. The Labute approximate surface area is 195 Å². The Morgan fingerprint density at radius 2 is 1.74 bits per heavy atom. The maximum atomic E-state index is 12.2. The van der Waals surface area contributed by atoms with E-state index >= 15 is 0 Å². The van der Waals surface area contributed by atoms with Gasteiger partial charge in [0.1, 0.15) is 5.75 Å². The molecule has 0 aliphatic rings. The highest BCUT2D eigenvalue weighted by Crippen LogP contribution is 2.29. The van der Waals surface area contributed by atoms with E-state index in [1.54, 1.807) is 18.2 Å². The van der Waals surface area contributed by atoms with Crippen molar-refractivity contribution in [2.24, 2.45) is 0 Å². The lowest BCUT2D eigenvalue weighted by atomic mass is 10.2. The summed E-state index contributed by atoms with van der Waals surface area (Å²) >= 11 is 0. The first-order valence-electron chi connectivity index (χ1n) is 10.5. The summed E-state index contributed by atoms with van der Waals surface area (Å²) in [6, 6.07) is 9.93. The second-order valence-corrected chi connectivity index (χ2v) is 6.71. The fourth-order valence-electron chi connectivity index (χ4n) is 2.60. The fourth-order valence-corrected chi connectivity index (χ4v) is 2.60. The van der Waals surface area contributed by atoms with E-state index in [9.17, 15) is 23.2 Å². The molecule has 0 aliphatic carbocycles. The van der Waals surface area contributed by atoms with Gasteiger partial charge >= 0.3 is 12.6 Å². The number of esters is 1. The van der Waals surface area contributed by atoms with Gasteiger partial charge in [-0.2, -0.15) is 8.78 Å². The number of imide groups is 1. The van der Waals surface area contributed by atoms with Crippen LogP contribution in [0, 0.1) is 0 Å². The van der Waals surface area contributed by atoms with E-state index in [0.717, 1.165) is 24.6 Å². The number of nitrogens with one attached hydrogen (secondary N) is 1. The van der Waals surface area contributed by atoms with Crippen LogP contribution in [0.25, 0.3) is 6.08 Å². The summed E-state index contributed by atoms with van der Waals surface area (Å²) in [5, 5.41) is 2.03.